The van der Waals surface area contributed by atoms with Gasteiger partial charge in [0.2, 0.25) is 0 Å². The molecule has 0 spiro atoms. The first kappa shape index (κ1) is 14.9. The third kappa shape index (κ3) is 5.18. The number of carbonyl (C=O) groups excluding carboxylic acids is 1. The lowest BCUT2D eigenvalue weighted by Gasteiger charge is -2.05. The zero-order chi connectivity index (χ0) is 14.9. The molecular weight excluding hydrogens is 264 g/mol. The summed E-state index contributed by atoms with van der Waals surface area (Å²) in [7, 11) is 0. The molecule has 0 N–H and O–H groups in total. The number of ether oxygens (including phenoxy) is 1. The Morgan fingerprint density at radius 3 is 2.48 bits per heavy atom. The first-order chi connectivity index (χ1) is 10.3. The summed E-state index contributed by atoms with van der Waals surface area (Å²) < 4.78 is 4.94. The Morgan fingerprint density at radius 2 is 1.71 bits per heavy atom. The van der Waals surface area contributed by atoms with Crippen LogP contribution in [-0.2, 0) is 16.0 Å². The third-order valence-electron chi connectivity index (χ3n) is 2.92. The van der Waals surface area contributed by atoms with Crippen molar-refractivity contribution in [1.29, 1.82) is 0 Å². The van der Waals surface area contributed by atoms with Gasteiger partial charge in [-0.15, -0.1) is 0 Å². The van der Waals surface area contributed by atoms with Gasteiger partial charge in [0.1, 0.15) is 0 Å². The highest BCUT2D eigenvalue weighted by Gasteiger charge is 2.01. The van der Waals surface area contributed by atoms with Crippen molar-refractivity contribution < 1.29 is 9.53 Å². The molecule has 0 saturated heterocycles. The van der Waals surface area contributed by atoms with E-state index in [-0.39, 0.29) is 5.97 Å². The molecular formula is C17H18N2O2. The highest BCUT2D eigenvalue weighted by molar-refractivity contribution is 5.65. The van der Waals surface area contributed by atoms with Gasteiger partial charge in [-0.3, -0.25) is 4.79 Å². The molecule has 0 bridgehead atoms. The number of nitrogens with zero attached hydrogens (tertiary/aromatic N) is 2. The van der Waals surface area contributed by atoms with E-state index in [1.165, 1.54) is 6.92 Å². The molecule has 0 aliphatic heterocycles. The molecule has 0 atom stereocenters. The van der Waals surface area contributed by atoms with Crippen LogP contribution in [0.25, 0.3) is 0 Å². The zero-order valence-corrected chi connectivity index (χ0v) is 12.0. The van der Waals surface area contributed by atoms with E-state index in [2.05, 4.69) is 10.2 Å². The van der Waals surface area contributed by atoms with Gasteiger partial charge in [0.15, 0.2) is 0 Å². The minimum absolute atomic E-state index is 0.243. The van der Waals surface area contributed by atoms with Crippen LogP contribution in [0.2, 0.25) is 0 Å². The lowest BCUT2D eigenvalue weighted by Crippen LogP contribution is -2.01. The Morgan fingerprint density at radius 1 is 1.00 bits per heavy atom. The Bertz CT molecular complexity index is 609. The monoisotopic (exact) mass is 282 g/mol. The van der Waals surface area contributed by atoms with E-state index in [1.54, 1.807) is 0 Å². The molecule has 0 radical (unpaired) electrons. The number of benzene rings is 2. The number of carbonyl (C=O) groups is 1. The number of hydrogen-bond donors (Lipinski definition) is 0. The van der Waals surface area contributed by atoms with Crippen molar-refractivity contribution in [2.75, 3.05) is 6.61 Å². The molecule has 2 rings (SSSR count). The molecule has 4 heteroatoms. The van der Waals surface area contributed by atoms with E-state index in [1.807, 2.05) is 54.6 Å². The molecule has 0 saturated carbocycles. The van der Waals surface area contributed by atoms with Gasteiger partial charge >= 0.3 is 5.97 Å². The molecule has 0 aliphatic carbocycles. The molecule has 0 amide bonds. The van der Waals surface area contributed by atoms with E-state index in [4.69, 9.17) is 4.74 Å². The van der Waals surface area contributed by atoms with Crippen molar-refractivity contribution in [2.24, 2.45) is 10.2 Å². The Labute approximate surface area is 124 Å². The van der Waals surface area contributed by atoms with Gasteiger partial charge in [0.05, 0.1) is 18.0 Å². The number of hydrogen-bond acceptors (Lipinski definition) is 4. The fraction of sp³-hybridized carbons (Fsp3) is 0.235. The fourth-order valence-corrected chi connectivity index (χ4v) is 1.90. The van der Waals surface area contributed by atoms with Crippen molar-refractivity contribution in [3.8, 4) is 0 Å². The smallest absolute Gasteiger partial charge is 0.302 e. The van der Waals surface area contributed by atoms with Gasteiger partial charge in [-0.25, -0.2) is 0 Å². The van der Waals surface area contributed by atoms with Gasteiger partial charge in [-0.05, 0) is 36.6 Å². The second-order valence-corrected chi connectivity index (χ2v) is 4.61. The molecule has 0 aliphatic rings. The highest BCUT2D eigenvalue weighted by Crippen LogP contribution is 2.23. The number of rotatable bonds is 6. The topological polar surface area (TPSA) is 51.0 Å². The van der Waals surface area contributed by atoms with Crippen LogP contribution in [0.4, 0.5) is 11.4 Å². The molecule has 0 fully saturated rings. The highest BCUT2D eigenvalue weighted by atomic mass is 16.5. The second kappa shape index (κ2) is 7.94. The van der Waals surface area contributed by atoms with Crippen LogP contribution in [0.5, 0.6) is 0 Å². The van der Waals surface area contributed by atoms with Gasteiger partial charge in [-0.2, -0.15) is 10.2 Å². The summed E-state index contributed by atoms with van der Waals surface area (Å²) in [5, 5.41) is 8.54. The fourth-order valence-electron chi connectivity index (χ4n) is 1.90. The zero-order valence-electron chi connectivity index (χ0n) is 12.0. The van der Waals surface area contributed by atoms with Gasteiger partial charge < -0.3 is 4.74 Å². The van der Waals surface area contributed by atoms with Crippen LogP contribution in [0, 0.1) is 0 Å². The maximum Gasteiger partial charge on any atom is 0.302 e. The van der Waals surface area contributed by atoms with Crippen molar-refractivity contribution in [3.05, 3.63) is 60.2 Å². The summed E-state index contributed by atoms with van der Waals surface area (Å²) in [5.74, 6) is -0.243. The quantitative estimate of drug-likeness (QED) is 0.442. The summed E-state index contributed by atoms with van der Waals surface area (Å²) in [6, 6.07) is 17.5. The van der Waals surface area contributed by atoms with E-state index >= 15 is 0 Å². The average Bonchev–Trinajstić information content (AvgIpc) is 2.51. The van der Waals surface area contributed by atoms with E-state index < -0.39 is 0 Å². The maximum atomic E-state index is 10.7. The van der Waals surface area contributed by atoms with Crippen LogP contribution in [0.15, 0.2) is 64.8 Å². The van der Waals surface area contributed by atoms with E-state index in [0.717, 1.165) is 29.8 Å². The molecule has 21 heavy (non-hydrogen) atoms. The van der Waals surface area contributed by atoms with Crippen molar-refractivity contribution in [1.82, 2.24) is 0 Å². The molecule has 0 heterocycles. The molecule has 4 nitrogen and oxygen atoms in total. The van der Waals surface area contributed by atoms with Crippen LogP contribution < -0.4 is 0 Å². The van der Waals surface area contributed by atoms with Crippen LogP contribution in [0.3, 0.4) is 0 Å². The first-order valence-corrected chi connectivity index (χ1v) is 6.94. The average molecular weight is 282 g/mol. The minimum Gasteiger partial charge on any atom is -0.466 e. The molecule has 0 aromatic heterocycles. The van der Waals surface area contributed by atoms with Crippen molar-refractivity contribution in [2.45, 2.75) is 19.8 Å². The lowest BCUT2D eigenvalue weighted by molar-refractivity contribution is -0.141. The molecule has 108 valence electrons. The van der Waals surface area contributed by atoms with Crippen LogP contribution in [-0.4, -0.2) is 12.6 Å². The summed E-state index contributed by atoms with van der Waals surface area (Å²) >= 11 is 0. The summed E-state index contributed by atoms with van der Waals surface area (Å²) in [6.45, 7) is 1.85. The predicted octanol–water partition coefficient (Wildman–Crippen LogP) is 4.60. The SMILES string of the molecule is CC(=O)OCCCc1ccccc1N=Nc1ccccc1. The first-order valence-electron chi connectivity index (χ1n) is 6.94. The number of azo groups is 1. The van der Waals surface area contributed by atoms with Crippen molar-refractivity contribution in [3.63, 3.8) is 0 Å². The molecule has 2 aromatic rings. The standard InChI is InChI=1S/C17H18N2O2/c1-14(20)21-13-7-9-15-8-5-6-12-17(15)19-18-16-10-3-2-4-11-16/h2-6,8,10-12H,7,9,13H2,1H3. The third-order valence-corrected chi connectivity index (χ3v) is 2.92. The van der Waals surface area contributed by atoms with Crippen LogP contribution in [0.1, 0.15) is 18.9 Å². The Balaban J connectivity index is 2.00. The van der Waals surface area contributed by atoms with Gasteiger partial charge in [0, 0.05) is 6.92 Å². The molecule has 2 aromatic carbocycles. The van der Waals surface area contributed by atoms with Crippen molar-refractivity contribution >= 4 is 17.3 Å². The van der Waals surface area contributed by atoms with E-state index in [0.29, 0.717) is 6.61 Å². The second-order valence-electron chi connectivity index (χ2n) is 4.61. The Kier molecular flexibility index (Phi) is 5.64. The van der Waals surface area contributed by atoms with Gasteiger partial charge in [0.25, 0.3) is 0 Å². The Hall–Kier alpha value is -2.49. The summed E-state index contributed by atoms with van der Waals surface area (Å²) in [5.41, 5.74) is 2.78. The number of aryl methyl sites for hydroxylation is 1. The predicted molar refractivity (Wildman–Crippen MR) is 82.0 cm³/mol. The largest absolute Gasteiger partial charge is 0.466 e. The lowest BCUT2D eigenvalue weighted by atomic mass is 10.1. The minimum atomic E-state index is -0.243. The van der Waals surface area contributed by atoms with E-state index in [9.17, 15) is 4.79 Å². The maximum absolute atomic E-state index is 10.7. The summed E-state index contributed by atoms with van der Waals surface area (Å²) in [6.07, 6.45) is 1.58. The number of esters is 1. The molecule has 0 unspecified atom stereocenters. The van der Waals surface area contributed by atoms with Gasteiger partial charge in [-0.1, -0.05) is 36.4 Å². The van der Waals surface area contributed by atoms with Crippen LogP contribution >= 0.6 is 0 Å². The normalized spacial score (nSPS) is 10.7. The summed E-state index contributed by atoms with van der Waals surface area (Å²) in [4.78, 5) is 10.7.